The average Bonchev–Trinajstić information content (AvgIpc) is 2.60. The van der Waals surface area contributed by atoms with Gasteiger partial charge in [0.15, 0.2) is 0 Å². The molecule has 1 fully saturated rings. The number of carbonyl (C=O) groups is 1. The van der Waals surface area contributed by atoms with E-state index in [0.29, 0.717) is 24.1 Å². The van der Waals surface area contributed by atoms with Gasteiger partial charge < -0.3 is 4.90 Å². The Kier molecular flexibility index (Phi) is 7.02. The van der Waals surface area contributed by atoms with Crippen LogP contribution in [-0.4, -0.2) is 38.4 Å². The molecule has 0 bridgehead atoms. The third-order valence-electron chi connectivity index (χ3n) is 4.78. The standard InChI is InChI=1S/C19H30N2O3S/c1-4-17-7-5-6-14-21(17)19(22)16-8-10-18(11-9-16)25(23,24)20-13-12-15(2)3/h8-11,15,17,20H,4-7,12-14H2,1-3H3. The molecule has 0 aliphatic carbocycles. The van der Waals surface area contributed by atoms with Crippen molar-refractivity contribution >= 4 is 15.9 Å². The molecule has 140 valence electrons. The first-order chi connectivity index (χ1) is 11.8. The lowest BCUT2D eigenvalue weighted by atomic mass is 9.99. The smallest absolute Gasteiger partial charge is 0.254 e. The van der Waals surface area contributed by atoms with E-state index in [1.54, 1.807) is 12.1 Å². The van der Waals surface area contributed by atoms with E-state index in [1.807, 2.05) is 4.90 Å². The van der Waals surface area contributed by atoms with Crippen molar-refractivity contribution in [3.63, 3.8) is 0 Å². The van der Waals surface area contributed by atoms with E-state index in [-0.39, 0.29) is 10.8 Å². The van der Waals surface area contributed by atoms with E-state index in [9.17, 15) is 13.2 Å². The van der Waals surface area contributed by atoms with E-state index >= 15 is 0 Å². The highest BCUT2D eigenvalue weighted by molar-refractivity contribution is 7.89. The molecule has 0 saturated carbocycles. The van der Waals surface area contributed by atoms with Crippen LogP contribution in [0.1, 0.15) is 63.2 Å². The molecular formula is C19H30N2O3S. The summed E-state index contributed by atoms with van der Waals surface area (Å²) in [5.74, 6) is 0.446. The lowest BCUT2D eigenvalue weighted by molar-refractivity contribution is 0.0608. The Morgan fingerprint density at radius 1 is 1.24 bits per heavy atom. The van der Waals surface area contributed by atoms with Crippen molar-refractivity contribution in [2.75, 3.05) is 13.1 Å². The third-order valence-corrected chi connectivity index (χ3v) is 6.26. The minimum atomic E-state index is -3.51. The molecule has 1 heterocycles. The van der Waals surface area contributed by atoms with Crippen LogP contribution in [0.25, 0.3) is 0 Å². The van der Waals surface area contributed by atoms with Crippen LogP contribution in [-0.2, 0) is 10.0 Å². The van der Waals surface area contributed by atoms with Gasteiger partial charge in [-0.1, -0.05) is 20.8 Å². The SMILES string of the molecule is CCC1CCCCN1C(=O)c1ccc(S(=O)(=O)NCCC(C)C)cc1. The highest BCUT2D eigenvalue weighted by atomic mass is 32.2. The van der Waals surface area contributed by atoms with Crippen molar-refractivity contribution in [3.8, 4) is 0 Å². The normalized spacial score (nSPS) is 18.6. The van der Waals surface area contributed by atoms with E-state index < -0.39 is 10.0 Å². The number of piperidine rings is 1. The molecule has 1 atom stereocenters. The monoisotopic (exact) mass is 366 g/mol. The van der Waals surface area contributed by atoms with Crippen molar-refractivity contribution < 1.29 is 13.2 Å². The summed E-state index contributed by atoms with van der Waals surface area (Å²) in [7, 11) is -3.51. The van der Waals surface area contributed by atoms with Crippen LogP contribution in [0.2, 0.25) is 0 Å². The number of rotatable bonds is 7. The zero-order valence-electron chi connectivity index (χ0n) is 15.5. The van der Waals surface area contributed by atoms with Gasteiger partial charge in [-0.15, -0.1) is 0 Å². The molecule has 1 saturated heterocycles. The van der Waals surface area contributed by atoms with Gasteiger partial charge in [-0.3, -0.25) is 4.79 Å². The molecule has 1 aliphatic heterocycles. The van der Waals surface area contributed by atoms with Crippen molar-refractivity contribution in [2.45, 2.75) is 63.8 Å². The zero-order chi connectivity index (χ0) is 18.4. The molecule has 0 spiro atoms. The quantitative estimate of drug-likeness (QED) is 0.804. The van der Waals surface area contributed by atoms with Crippen molar-refractivity contribution in [2.24, 2.45) is 5.92 Å². The van der Waals surface area contributed by atoms with E-state index in [0.717, 1.165) is 32.2 Å². The lowest BCUT2D eigenvalue weighted by Crippen LogP contribution is -2.43. The fourth-order valence-electron chi connectivity index (χ4n) is 3.20. The summed E-state index contributed by atoms with van der Waals surface area (Å²) in [6, 6.07) is 6.59. The van der Waals surface area contributed by atoms with E-state index in [1.165, 1.54) is 18.6 Å². The Labute approximate surface area is 151 Å². The molecule has 1 N–H and O–H groups in total. The molecule has 6 heteroatoms. The minimum Gasteiger partial charge on any atom is -0.336 e. The van der Waals surface area contributed by atoms with E-state index in [2.05, 4.69) is 25.5 Å². The molecule has 1 aromatic rings. The van der Waals surface area contributed by atoms with Crippen LogP contribution in [0.3, 0.4) is 0 Å². The van der Waals surface area contributed by atoms with Crippen LogP contribution in [0.4, 0.5) is 0 Å². The number of nitrogens with one attached hydrogen (secondary N) is 1. The van der Waals surface area contributed by atoms with Gasteiger partial charge in [-0.05, 0) is 62.3 Å². The highest BCUT2D eigenvalue weighted by Crippen LogP contribution is 2.22. The van der Waals surface area contributed by atoms with Crippen LogP contribution in [0, 0.1) is 5.92 Å². The van der Waals surface area contributed by atoms with Crippen LogP contribution < -0.4 is 4.72 Å². The molecule has 1 unspecified atom stereocenters. The summed E-state index contributed by atoms with van der Waals surface area (Å²) in [5.41, 5.74) is 0.557. The largest absolute Gasteiger partial charge is 0.336 e. The first kappa shape index (κ1) is 19.9. The summed E-state index contributed by atoms with van der Waals surface area (Å²) in [6.45, 7) is 7.42. The highest BCUT2D eigenvalue weighted by Gasteiger charge is 2.26. The number of amides is 1. The average molecular weight is 367 g/mol. The maximum Gasteiger partial charge on any atom is 0.254 e. The number of hydrogen-bond donors (Lipinski definition) is 1. The topological polar surface area (TPSA) is 66.5 Å². The Morgan fingerprint density at radius 3 is 2.52 bits per heavy atom. The zero-order valence-corrected chi connectivity index (χ0v) is 16.3. The summed E-state index contributed by atoms with van der Waals surface area (Å²) in [6.07, 6.45) is 5.01. The van der Waals surface area contributed by atoms with Gasteiger partial charge in [-0.25, -0.2) is 13.1 Å². The van der Waals surface area contributed by atoms with Crippen molar-refractivity contribution in [3.05, 3.63) is 29.8 Å². The summed E-state index contributed by atoms with van der Waals surface area (Å²) >= 11 is 0. The first-order valence-corrected chi connectivity index (χ1v) is 10.7. The van der Waals surface area contributed by atoms with Gasteiger partial charge in [0, 0.05) is 24.7 Å². The predicted molar refractivity (Wildman–Crippen MR) is 100 cm³/mol. The molecule has 0 aromatic heterocycles. The molecule has 1 amide bonds. The molecule has 0 radical (unpaired) electrons. The van der Waals surface area contributed by atoms with Crippen molar-refractivity contribution in [1.29, 1.82) is 0 Å². The number of benzene rings is 1. The second-order valence-electron chi connectivity index (χ2n) is 7.16. The Hall–Kier alpha value is -1.40. The van der Waals surface area contributed by atoms with Crippen LogP contribution in [0.5, 0.6) is 0 Å². The Balaban J connectivity index is 2.07. The molecule has 2 rings (SSSR count). The van der Waals surface area contributed by atoms with Crippen LogP contribution >= 0.6 is 0 Å². The molecular weight excluding hydrogens is 336 g/mol. The number of nitrogens with zero attached hydrogens (tertiary/aromatic N) is 1. The maximum atomic E-state index is 12.7. The molecule has 1 aliphatic rings. The second-order valence-corrected chi connectivity index (χ2v) is 8.93. The van der Waals surface area contributed by atoms with Gasteiger partial charge in [0.1, 0.15) is 0 Å². The first-order valence-electron chi connectivity index (χ1n) is 9.26. The number of likely N-dealkylation sites (tertiary alicyclic amines) is 1. The second kappa shape index (κ2) is 8.81. The van der Waals surface area contributed by atoms with Gasteiger partial charge >= 0.3 is 0 Å². The van der Waals surface area contributed by atoms with Gasteiger partial charge in [0.2, 0.25) is 10.0 Å². The van der Waals surface area contributed by atoms with Gasteiger partial charge in [0.25, 0.3) is 5.91 Å². The summed E-state index contributed by atoms with van der Waals surface area (Å²) in [4.78, 5) is 14.9. The molecule has 1 aromatic carbocycles. The van der Waals surface area contributed by atoms with Gasteiger partial charge in [-0.2, -0.15) is 0 Å². The lowest BCUT2D eigenvalue weighted by Gasteiger charge is -2.35. The fraction of sp³-hybridized carbons (Fsp3) is 0.632. The van der Waals surface area contributed by atoms with E-state index in [4.69, 9.17) is 0 Å². The Morgan fingerprint density at radius 2 is 1.92 bits per heavy atom. The fourth-order valence-corrected chi connectivity index (χ4v) is 4.25. The molecule has 5 nitrogen and oxygen atoms in total. The molecule has 25 heavy (non-hydrogen) atoms. The predicted octanol–water partition coefficient (Wildman–Crippen LogP) is 3.42. The van der Waals surface area contributed by atoms with Gasteiger partial charge in [0.05, 0.1) is 4.90 Å². The summed E-state index contributed by atoms with van der Waals surface area (Å²) in [5, 5.41) is 0. The number of hydrogen-bond acceptors (Lipinski definition) is 3. The Bertz CT molecular complexity index is 668. The minimum absolute atomic E-state index is 0.00302. The number of sulfonamides is 1. The maximum absolute atomic E-state index is 12.7. The third kappa shape index (κ3) is 5.28. The van der Waals surface area contributed by atoms with Crippen molar-refractivity contribution in [1.82, 2.24) is 9.62 Å². The number of carbonyl (C=O) groups excluding carboxylic acids is 1. The van der Waals surface area contributed by atoms with Crippen LogP contribution in [0.15, 0.2) is 29.2 Å². The summed E-state index contributed by atoms with van der Waals surface area (Å²) < 4.78 is 27.2.